The highest BCUT2D eigenvalue weighted by atomic mass is 32.1. The minimum absolute atomic E-state index is 0.0763. The molecule has 0 aromatic heterocycles. The van der Waals surface area contributed by atoms with Crippen molar-refractivity contribution < 1.29 is 4.79 Å². The van der Waals surface area contributed by atoms with E-state index in [0.29, 0.717) is 17.6 Å². The van der Waals surface area contributed by atoms with E-state index in [4.69, 9.17) is 12.2 Å². The Morgan fingerprint density at radius 2 is 1.80 bits per heavy atom. The minimum Gasteiger partial charge on any atom is -0.363 e. The first-order valence-corrected chi connectivity index (χ1v) is 7.52. The average molecular weight is 292 g/mol. The second-order valence-corrected chi connectivity index (χ2v) is 5.82. The van der Waals surface area contributed by atoms with E-state index in [1.165, 1.54) is 5.56 Å². The van der Waals surface area contributed by atoms with E-state index in [2.05, 4.69) is 36.6 Å². The number of hydrogen-bond acceptors (Lipinski definition) is 2. The highest BCUT2D eigenvalue weighted by Gasteiger charge is 2.16. The Labute approximate surface area is 127 Å². The molecule has 4 heteroatoms. The summed E-state index contributed by atoms with van der Waals surface area (Å²) in [5, 5.41) is 6.01. The maximum atomic E-state index is 12.1. The van der Waals surface area contributed by atoms with E-state index in [1.54, 1.807) is 0 Å². The molecule has 0 fully saturated rings. The van der Waals surface area contributed by atoms with Crippen LogP contribution in [0.5, 0.6) is 0 Å². The lowest BCUT2D eigenvalue weighted by Gasteiger charge is -2.14. The molecule has 1 rings (SSSR count). The molecule has 0 aliphatic heterocycles. The Balaban J connectivity index is 2.64. The number of amides is 1. The molecule has 3 nitrogen and oxygen atoms in total. The fourth-order valence-corrected chi connectivity index (χ4v) is 2.24. The van der Waals surface area contributed by atoms with Crippen LogP contribution in [-0.2, 0) is 11.2 Å². The summed E-state index contributed by atoms with van der Waals surface area (Å²) in [7, 11) is 0. The number of hydrogen-bond donors (Lipinski definition) is 2. The largest absolute Gasteiger partial charge is 0.363 e. The standard InChI is InChI=1S/C16H24N2OS/c1-5-17-16(20)18-15(19)12(4)14-8-6-13(7-9-14)10-11(2)3/h6-9,11-12H,5,10H2,1-4H3,(H2,17,18,19,20). The molecule has 2 N–H and O–H groups in total. The molecule has 0 saturated heterocycles. The smallest absolute Gasteiger partial charge is 0.233 e. The maximum absolute atomic E-state index is 12.1. The first-order valence-electron chi connectivity index (χ1n) is 7.11. The third-order valence-corrected chi connectivity index (χ3v) is 3.34. The highest BCUT2D eigenvalue weighted by Crippen LogP contribution is 2.17. The molecule has 0 aliphatic rings. The van der Waals surface area contributed by atoms with Crippen molar-refractivity contribution in [2.75, 3.05) is 6.54 Å². The molecule has 0 radical (unpaired) electrons. The summed E-state index contributed by atoms with van der Waals surface area (Å²) in [5.41, 5.74) is 2.31. The molecular formula is C16H24N2OS. The second-order valence-electron chi connectivity index (χ2n) is 5.41. The van der Waals surface area contributed by atoms with Gasteiger partial charge in [0.05, 0.1) is 5.92 Å². The van der Waals surface area contributed by atoms with E-state index in [0.717, 1.165) is 12.0 Å². The van der Waals surface area contributed by atoms with Crippen LogP contribution >= 0.6 is 12.2 Å². The number of benzene rings is 1. The van der Waals surface area contributed by atoms with Gasteiger partial charge in [0.1, 0.15) is 0 Å². The topological polar surface area (TPSA) is 41.1 Å². The summed E-state index contributed by atoms with van der Waals surface area (Å²) in [5.74, 6) is 0.353. The molecule has 0 heterocycles. The Morgan fingerprint density at radius 1 is 1.20 bits per heavy atom. The number of carbonyl (C=O) groups is 1. The van der Waals surface area contributed by atoms with Gasteiger partial charge in [0.2, 0.25) is 5.91 Å². The zero-order valence-corrected chi connectivity index (χ0v) is 13.5. The Bertz CT molecular complexity index is 454. The van der Waals surface area contributed by atoms with Gasteiger partial charge in [-0.3, -0.25) is 4.79 Å². The lowest BCUT2D eigenvalue weighted by molar-refractivity contribution is -0.120. The normalized spacial score (nSPS) is 12.1. The third-order valence-electron chi connectivity index (χ3n) is 3.09. The summed E-state index contributed by atoms with van der Waals surface area (Å²) >= 11 is 5.02. The number of thiocarbonyl (C=S) groups is 1. The predicted octanol–water partition coefficient (Wildman–Crippen LogP) is 3.00. The summed E-state index contributed by atoms with van der Waals surface area (Å²) in [6.45, 7) is 8.94. The molecule has 1 atom stereocenters. The van der Waals surface area contributed by atoms with Crippen molar-refractivity contribution in [1.82, 2.24) is 10.6 Å². The van der Waals surface area contributed by atoms with Crippen molar-refractivity contribution in [2.45, 2.75) is 40.0 Å². The number of rotatable bonds is 5. The van der Waals surface area contributed by atoms with Gasteiger partial charge in [-0.1, -0.05) is 38.1 Å². The van der Waals surface area contributed by atoms with Crippen molar-refractivity contribution in [1.29, 1.82) is 0 Å². The third kappa shape index (κ3) is 5.29. The fourth-order valence-electron chi connectivity index (χ4n) is 1.99. The molecule has 1 aromatic rings. The Kier molecular flexibility index (Phi) is 6.65. The lowest BCUT2D eigenvalue weighted by atomic mass is 9.96. The molecular weight excluding hydrogens is 268 g/mol. The van der Waals surface area contributed by atoms with Gasteiger partial charge in [0, 0.05) is 6.54 Å². The van der Waals surface area contributed by atoms with E-state index >= 15 is 0 Å². The van der Waals surface area contributed by atoms with Gasteiger partial charge in [0.15, 0.2) is 5.11 Å². The molecule has 0 saturated carbocycles. The first kappa shape index (κ1) is 16.6. The molecule has 110 valence electrons. The van der Waals surface area contributed by atoms with E-state index in [9.17, 15) is 4.79 Å². The van der Waals surface area contributed by atoms with Crippen LogP contribution in [0.3, 0.4) is 0 Å². The van der Waals surface area contributed by atoms with Crippen LogP contribution in [-0.4, -0.2) is 17.6 Å². The number of nitrogens with one attached hydrogen (secondary N) is 2. The molecule has 0 aliphatic carbocycles. The van der Waals surface area contributed by atoms with Gasteiger partial charge < -0.3 is 10.6 Å². The van der Waals surface area contributed by atoms with Crippen LogP contribution in [0.4, 0.5) is 0 Å². The fraction of sp³-hybridized carbons (Fsp3) is 0.500. The van der Waals surface area contributed by atoms with Gasteiger partial charge in [-0.15, -0.1) is 0 Å². The zero-order chi connectivity index (χ0) is 15.1. The van der Waals surface area contributed by atoms with Crippen molar-refractivity contribution in [2.24, 2.45) is 5.92 Å². The van der Waals surface area contributed by atoms with Gasteiger partial charge in [-0.2, -0.15) is 0 Å². The SMILES string of the molecule is CCNC(=S)NC(=O)C(C)c1ccc(CC(C)C)cc1. The quantitative estimate of drug-likeness (QED) is 0.820. The van der Waals surface area contributed by atoms with Crippen molar-refractivity contribution in [3.05, 3.63) is 35.4 Å². The summed E-state index contributed by atoms with van der Waals surface area (Å²) in [6.07, 6.45) is 1.06. The van der Waals surface area contributed by atoms with Gasteiger partial charge in [-0.05, 0) is 49.5 Å². The first-order chi connectivity index (χ1) is 9.43. The minimum atomic E-state index is -0.209. The molecule has 1 amide bonds. The second kappa shape index (κ2) is 8.00. The van der Waals surface area contributed by atoms with Crippen LogP contribution in [0.2, 0.25) is 0 Å². The van der Waals surface area contributed by atoms with E-state index in [-0.39, 0.29) is 11.8 Å². The zero-order valence-electron chi connectivity index (χ0n) is 12.7. The maximum Gasteiger partial charge on any atom is 0.233 e. The lowest BCUT2D eigenvalue weighted by Crippen LogP contribution is -2.40. The summed E-state index contributed by atoms with van der Waals surface area (Å²) in [6, 6.07) is 8.25. The van der Waals surface area contributed by atoms with Crippen molar-refractivity contribution in [3.8, 4) is 0 Å². The summed E-state index contributed by atoms with van der Waals surface area (Å²) in [4.78, 5) is 12.1. The van der Waals surface area contributed by atoms with Gasteiger partial charge in [0.25, 0.3) is 0 Å². The highest BCUT2D eigenvalue weighted by molar-refractivity contribution is 7.80. The van der Waals surface area contributed by atoms with Crippen LogP contribution in [0.25, 0.3) is 0 Å². The molecule has 0 spiro atoms. The van der Waals surface area contributed by atoms with Crippen LogP contribution in [0.15, 0.2) is 24.3 Å². The van der Waals surface area contributed by atoms with Crippen molar-refractivity contribution >= 4 is 23.2 Å². The van der Waals surface area contributed by atoms with Crippen LogP contribution in [0, 0.1) is 5.92 Å². The predicted molar refractivity (Wildman–Crippen MR) is 87.8 cm³/mol. The average Bonchev–Trinajstić information content (AvgIpc) is 2.38. The molecule has 0 bridgehead atoms. The van der Waals surface area contributed by atoms with E-state index in [1.807, 2.05) is 26.0 Å². The Hall–Kier alpha value is -1.42. The molecule has 1 unspecified atom stereocenters. The van der Waals surface area contributed by atoms with Crippen molar-refractivity contribution in [3.63, 3.8) is 0 Å². The monoisotopic (exact) mass is 292 g/mol. The van der Waals surface area contributed by atoms with E-state index < -0.39 is 0 Å². The molecule has 20 heavy (non-hydrogen) atoms. The van der Waals surface area contributed by atoms with Gasteiger partial charge in [-0.25, -0.2) is 0 Å². The number of carbonyl (C=O) groups excluding carboxylic acids is 1. The summed E-state index contributed by atoms with van der Waals surface area (Å²) < 4.78 is 0. The Morgan fingerprint density at radius 3 is 2.30 bits per heavy atom. The van der Waals surface area contributed by atoms with Crippen LogP contribution in [0.1, 0.15) is 44.7 Å². The molecule has 1 aromatic carbocycles. The van der Waals surface area contributed by atoms with Gasteiger partial charge >= 0.3 is 0 Å². The van der Waals surface area contributed by atoms with Crippen LogP contribution < -0.4 is 10.6 Å².